The van der Waals surface area contributed by atoms with Crippen molar-refractivity contribution < 1.29 is 48.6 Å². The summed E-state index contributed by atoms with van der Waals surface area (Å²) in [7, 11) is 4.91. The van der Waals surface area contributed by atoms with Gasteiger partial charge in [-0.2, -0.15) is 5.48 Å². The Morgan fingerprint density at radius 2 is 1.48 bits per heavy atom. The number of carboxylic acid groups (broad SMARTS) is 1. The molecule has 3 amide bonds. The van der Waals surface area contributed by atoms with E-state index < -0.39 is 41.9 Å². The third kappa shape index (κ3) is 17.5. The van der Waals surface area contributed by atoms with Crippen LogP contribution in [0.1, 0.15) is 138 Å². The number of ether oxygens (including phenoxy) is 1. The van der Waals surface area contributed by atoms with E-state index in [-0.39, 0.29) is 97.5 Å². The maximum Gasteiger partial charge on any atom is 0.307 e. The molecule has 1 aromatic carbocycles. The largest absolute Gasteiger partial charge is 0.481 e. The van der Waals surface area contributed by atoms with Crippen molar-refractivity contribution in [2.75, 3.05) is 34.3 Å². The highest BCUT2D eigenvalue weighted by molar-refractivity contribution is 5.93. The summed E-state index contributed by atoms with van der Waals surface area (Å²) in [6, 6.07) is 7.90. The highest BCUT2D eigenvalue weighted by Gasteiger charge is 2.41. The minimum absolute atomic E-state index is 0.0209. The number of Topliss-reactive ketones (excluding diaryl/α,β-unsaturated/α-hetero) is 3. The maximum absolute atomic E-state index is 14.5. The van der Waals surface area contributed by atoms with E-state index in [2.05, 4.69) is 0 Å². The molecule has 1 aromatic rings. The van der Waals surface area contributed by atoms with Crippen molar-refractivity contribution in [2.45, 2.75) is 163 Å². The Bertz CT molecular complexity index is 1620. The Hall–Kier alpha value is -4.01. The Balaban J connectivity index is 2.14. The number of hydrogen-bond donors (Lipinski definition) is 3. The predicted molar refractivity (Wildman–Crippen MR) is 243 cm³/mol. The average Bonchev–Trinajstić information content (AvgIpc) is 3.71. The number of ketones is 3. The first-order valence-electron chi connectivity index (χ1n) is 23.3. The molecule has 1 fully saturated rings. The highest BCUT2D eigenvalue weighted by atomic mass is 16.5. The van der Waals surface area contributed by atoms with Crippen LogP contribution in [0.25, 0.3) is 0 Å². The van der Waals surface area contributed by atoms with E-state index in [9.17, 15) is 38.7 Å². The fourth-order valence-electron chi connectivity index (χ4n) is 9.26. The molecule has 0 aliphatic carbocycles. The van der Waals surface area contributed by atoms with Crippen LogP contribution in [-0.2, 0) is 44.7 Å². The molecule has 14 heteroatoms. The summed E-state index contributed by atoms with van der Waals surface area (Å²) < 4.78 is 6.04. The summed E-state index contributed by atoms with van der Waals surface area (Å²) in [6.45, 7) is 13.9. The molecular formula is C49H80N4O10. The van der Waals surface area contributed by atoms with Gasteiger partial charge in [0.2, 0.25) is 17.7 Å². The molecule has 1 heterocycles. The minimum atomic E-state index is -1.01. The van der Waals surface area contributed by atoms with Crippen molar-refractivity contribution in [3.63, 3.8) is 0 Å². The predicted octanol–water partition coefficient (Wildman–Crippen LogP) is 6.79. The second kappa shape index (κ2) is 28.0. The molecule has 0 bridgehead atoms. The van der Waals surface area contributed by atoms with Gasteiger partial charge in [0.15, 0.2) is 5.78 Å². The standard InChI is InChI=1S/C49H80N4O10/c1-11-34(6)47(43(63-10)30-45(58)53-25-19-22-38(53)26-35(7)41(55)28-37(49(60)61)27-36-20-15-14-16-21-36)52(9)48(59)40(32(2)3)29-42(56)46(33(4)5)51(8)44(57)24-18-13-12-17-23-39(54)31-50-62/h14-16,20-21,32-35,37-38,40,43,46-47,50,62H,11-13,17-19,22-31H2,1-10H3,(H,60,61)/t34-,35+,37-,38-,40-,43+,46-,47?/m0/s1. The maximum atomic E-state index is 14.5. The fraction of sp³-hybridized carbons (Fsp3) is 0.735. The van der Waals surface area contributed by atoms with E-state index in [1.807, 2.05) is 89.2 Å². The number of nitrogens with one attached hydrogen (secondary N) is 1. The van der Waals surface area contributed by atoms with E-state index in [0.29, 0.717) is 38.6 Å². The number of amides is 3. The van der Waals surface area contributed by atoms with Crippen LogP contribution in [0.3, 0.4) is 0 Å². The number of carboxylic acids is 1. The van der Waals surface area contributed by atoms with Crippen LogP contribution in [0.15, 0.2) is 30.3 Å². The zero-order valence-electron chi connectivity index (χ0n) is 40.0. The molecule has 1 saturated heterocycles. The number of hydrogen-bond acceptors (Lipinski definition) is 10. The summed E-state index contributed by atoms with van der Waals surface area (Å²) >= 11 is 0. The van der Waals surface area contributed by atoms with Gasteiger partial charge in [-0.3, -0.25) is 33.6 Å². The Labute approximate surface area is 377 Å². The Morgan fingerprint density at radius 1 is 0.841 bits per heavy atom. The molecule has 14 nitrogen and oxygen atoms in total. The van der Waals surface area contributed by atoms with Gasteiger partial charge in [0.25, 0.3) is 0 Å². The summed E-state index contributed by atoms with van der Waals surface area (Å²) in [5, 5.41) is 18.6. The van der Waals surface area contributed by atoms with E-state index in [4.69, 9.17) is 9.94 Å². The van der Waals surface area contributed by atoms with E-state index in [0.717, 1.165) is 31.2 Å². The lowest BCUT2D eigenvalue weighted by molar-refractivity contribution is -0.149. The summed E-state index contributed by atoms with van der Waals surface area (Å²) in [5.41, 5.74) is 2.73. The fourth-order valence-corrected chi connectivity index (χ4v) is 9.26. The van der Waals surface area contributed by atoms with Crippen molar-refractivity contribution in [2.24, 2.45) is 35.5 Å². The normalized spacial score (nSPS) is 17.4. The number of carbonyl (C=O) groups is 7. The lowest BCUT2D eigenvalue weighted by Gasteiger charge is -2.40. The number of carbonyl (C=O) groups excluding carboxylic acids is 6. The van der Waals surface area contributed by atoms with Gasteiger partial charge in [0.1, 0.15) is 11.6 Å². The van der Waals surface area contributed by atoms with Gasteiger partial charge in [-0.05, 0) is 61.8 Å². The van der Waals surface area contributed by atoms with Crippen LogP contribution >= 0.6 is 0 Å². The molecule has 0 radical (unpaired) electrons. The zero-order chi connectivity index (χ0) is 47.4. The third-order valence-corrected chi connectivity index (χ3v) is 13.3. The van der Waals surface area contributed by atoms with E-state index in [1.165, 1.54) is 4.90 Å². The van der Waals surface area contributed by atoms with Gasteiger partial charge in [-0.1, -0.05) is 98.1 Å². The van der Waals surface area contributed by atoms with Crippen LogP contribution in [0.5, 0.6) is 0 Å². The first kappa shape index (κ1) is 55.1. The number of likely N-dealkylation sites (N-methyl/N-ethyl adjacent to an activating group) is 2. The van der Waals surface area contributed by atoms with Crippen molar-refractivity contribution in [3.05, 3.63) is 35.9 Å². The number of likely N-dealkylation sites (tertiary alicyclic amines) is 1. The molecule has 0 aromatic heterocycles. The first-order chi connectivity index (χ1) is 29.8. The molecule has 3 N–H and O–H groups in total. The lowest BCUT2D eigenvalue weighted by Crippen LogP contribution is -2.53. The number of hydroxylamine groups is 1. The van der Waals surface area contributed by atoms with Gasteiger partial charge in [0.05, 0.1) is 37.1 Å². The molecule has 1 unspecified atom stereocenters. The second-order valence-corrected chi connectivity index (χ2v) is 18.7. The zero-order valence-corrected chi connectivity index (χ0v) is 40.0. The lowest BCUT2D eigenvalue weighted by atomic mass is 9.83. The molecule has 1 aliphatic heterocycles. The number of nitrogens with zero attached hydrogens (tertiary/aromatic N) is 3. The van der Waals surface area contributed by atoms with Gasteiger partial charge >= 0.3 is 5.97 Å². The number of benzene rings is 1. The molecular weight excluding hydrogens is 805 g/mol. The van der Waals surface area contributed by atoms with Gasteiger partial charge in [-0.15, -0.1) is 0 Å². The van der Waals surface area contributed by atoms with Crippen LogP contribution in [0.4, 0.5) is 0 Å². The SMILES string of the molecule is CC[C@H](C)C([C@@H](CC(=O)N1CCC[C@H]1C[C@@H](C)C(=O)C[C@H](Cc1ccccc1)C(=O)O)OC)N(C)C(=O)[C@@H](CC(=O)[C@H](C(C)C)N(C)C(=O)CCCCCCC(=O)CNO)C(C)C. The van der Waals surface area contributed by atoms with Crippen molar-refractivity contribution in [1.82, 2.24) is 20.2 Å². The molecule has 2 rings (SSSR count). The topological polar surface area (TPSA) is 191 Å². The quantitative estimate of drug-likeness (QED) is 0.0526. The van der Waals surface area contributed by atoms with Gasteiger partial charge in [0, 0.05) is 71.3 Å². The molecule has 1 aliphatic rings. The minimum Gasteiger partial charge on any atom is -0.481 e. The average molecular weight is 885 g/mol. The molecule has 8 atom stereocenters. The molecule has 0 saturated carbocycles. The number of methoxy groups -OCH3 is 1. The summed E-state index contributed by atoms with van der Waals surface area (Å²) in [6.07, 6.45) is 5.61. The van der Waals surface area contributed by atoms with Crippen LogP contribution in [-0.4, -0.2) is 125 Å². The van der Waals surface area contributed by atoms with Crippen molar-refractivity contribution in [3.8, 4) is 0 Å². The third-order valence-electron chi connectivity index (χ3n) is 13.3. The monoisotopic (exact) mass is 885 g/mol. The Kier molecular flexibility index (Phi) is 24.5. The smallest absolute Gasteiger partial charge is 0.307 e. The number of aliphatic carboxylic acids is 1. The molecule has 0 spiro atoms. The number of unbranched alkanes of at least 4 members (excludes halogenated alkanes) is 3. The first-order valence-corrected chi connectivity index (χ1v) is 23.3. The summed E-state index contributed by atoms with van der Waals surface area (Å²) in [5.74, 6) is -4.28. The second-order valence-electron chi connectivity index (χ2n) is 18.7. The van der Waals surface area contributed by atoms with Crippen LogP contribution in [0, 0.1) is 35.5 Å². The Morgan fingerprint density at radius 3 is 2.03 bits per heavy atom. The highest BCUT2D eigenvalue weighted by Crippen LogP contribution is 2.31. The number of rotatable bonds is 31. The van der Waals surface area contributed by atoms with Crippen LogP contribution in [0.2, 0.25) is 0 Å². The van der Waals surface area contributed by atoms with E-state index >= 15 is 0 Å². The van der Waals surface area contributed by atoms with Crippen LogP contribution < -0.4 is 5.48 Å². The van der Waals surface area contributed by atoms with Gasteiger partial charge in [-0.25, -0.2) is 0 Å². The van der Waals surface area contributed by atoms with Crippen molar-refractivity contribution >= 4 is 41.0 Å². The summed E-state index contributed by atoms with van der Waals surface area (Å²) in [4.78, 5) is 98.2. The van der Waals surface area contributed by atoms with Crippen molar-refractivity contribution in [1.29, 1.82) is 0 Å². The molecule has 63 heavy (non-hydrogen) atoms. The van der Waals surface area contributed by atoms with E-state index in [1.54, 1.807) is 26.1 Å². The molecule has 356 valence electrons. The van der Waals surface area contributed by atoms with Gasteiger partial charge < -0.3 is 29.8 Å².